The first-order chi connectivity index (χ1) is 15.4. The van der Waals surface area contributed by atoms with E-state index in [0.717, 1.165) is 0 Å². The summed E-state index contributed by atoms with van der Waals surface area (Å²) in [6.07, 6.45) is 1.17. The number of rotatable bonds is 8. The topological polar surface area (TPSA) is 81.0 Å². The molecule has 32 heavy (non-hydrogen) atoms. The van der Waals surface area contributed by atoms with Crippen molar-refractivity contribution in [3.8, 4) is 5.75 Å². The van der Waals surface area contributed by atoms with Gasteiger partial charge in [-0.15, -0.1) is 0 Å². The van der Waals surface area contributed by atoms with Crippen LogP contribution in [-0.2, 0) is 20.8 Å². The van der Waals surface area contributed by atoms with Crippen molar-refractivity contribution < 1.29 is 23.8 Å². The summed E-state index contributed by atoms with van der Waals surface area (Å²) in [6, 6.07) is 6.98. The number of piperidine rings is 1. The molecule has 0 unspecified atom stereocenters. The molecular weight excluding hydrogens is 415 g/mol. The number of hydrogen-bond donors (Lipinski definition) is 1. The molecule has 174 valence electrons. The van der Waals surface area contributed by atoms with Gasteiger partial charge in [-0.05, 0) is 63.5 Å². The molecule has 3 rings (SSSR count). The molecule has 7 nitrogen and oxygen atoms in total. The molecule has 1 N–H and O–H groups in total. The van der Waals surface area contributed by atoms with Gasteiger partial charge in [0.1, 0.15) is 11.6 Å². The number of methoxy groups -OCH3 is 1. The van der Waals surface area contributed by atoms with Gasteiger partial charge in [-0.25, -0.2) is 4.39 Å². The van der Waals surface area contributed by atoms with Gasteiger partial charge in [0.2, 0.25) is 0 Å². The van der Waals surface area contributed by atoms with Crippen molar-refractivity contribution in [2.24, 2.45) is 5.92 Å². The summed E-state index contributed by atoms with van der Waals surface area (Å²) < 4.78 is 25.5. The normalized spacial score (nSPS) is 16.1. The van der Waals surface area contributed by atoms with Crippen molar-refractivity contribution >= 4 is 5.97 Å². The molecule has 1 aromatic heterocycles. The van der Waals surface area contributed by atoms with E-state index in [4.69, 9.17) is 9.47 Å². The summed E-state index contributed by atoms with van der Waals surface area (Å²) in [5.41, 5.74) is 1.27. The van der Waals surface area contributed by atoms with Crippen LogP contribution in [0.5, 0.6) is 5.75 Å². The van der Waals surface area contributed by atoms with Crippen LogP contribution < -0.4 is 5.56 Å². The molecule has 0 bridgehead atoms. The molecule has 2 heterocycles. The van der Waals surface area contributed by atoms with Gasteiger partial charge in [0.05, 0.1) is 30.7 Å². The van der Waals surface area contributed by atoms with Gasteiger partial charge >= 0.3 is 5.97 Å². The van der Waals surface area contributed by atoms with Gasteiger partial charge in [-0.1, -0.05) is 12.1 Å². The Hall–Kier alpha value is -2.71. The zero-order chi connectivity index (χ0) is 23.3. The lowest BCUT2D eigenvalue weighted by Crippen LogP contribution is -2.42. The minimum absolute atomic E-state index is 0.0944. The zero-order valence-corrected chi connectivity index (χ0v) is 18.8. The molecule has 1 aliphatic rings. The fourth-order valence-corrected chi connectivity index (χ4v) is 4.34. The number of nitrogens with zero attached hydrogens (tertiary/aromatic N) is 2. The molecule has 8 heteroatoms. The highest BCUT2D eigenvalue weighted by Crippen LogP contribution is 2.35. The number of aromatic hydroxyl groups is 1. The van der Waals surface area contributed by atoms with Gasteiger partial charge in [0.25, 0.3) is 5.56 Å². The van der Waals surface area contributed by atoms with E-state index in [0.29, 0.717) is 56.9 Å². The molecule has 0 spiro atoms. The van der Waals surface area contributed by atoms with Crippen molar-refractivity contribution in [2.75, 3.05) is 33.4 Å². The van der Waals surface area contributed by atoms with Crippen LogP contribution in [0.2, 0.25) is 0 Å². The molecule has 0 radical (unpaired) electrons. The Morgan fingerprint density at radius 1 is 1.25 bits per heavy atom. The number of ether oxygens (including phenoxy) is 2. The van der Waals surface area contributed by atoms with Gasteiger partial charge in [0, 0.05) is 19.3 Å². The molecule has 1 aliphatic heterocycles. The van der Waals surface area contributed by atoms with Crippen LogP contribution in [-0.4, -0.2) is 54.0 Å². The fraction of sp³-hybridized carbons (Fsp3) is 0.500. The Morgan fingerprint density at radius 3 is 2.50 bits per heavy atom. The van der Waals surface area contributed by atoms with E-state index >= 15 is 0 Å². The minimum Gasteiger partial charge on any atom is -0.507 e. The Labute approximate surface area is 187 Å². The molecule has 1 fully saturated rings. The van der Waals surface area contributed by atoms with Crippen LogP contribution in [0.4, 0.5) is 4.39 Å². The van der Waals surface area contributed by atoms with Crippen LogP contribution in [0.15, 0.2) is 35.1 Å². The largest absolute Gasteiger partial charge is 0.507 e. The molecule has 1 atom stereocenters. The Morgan fingerprint density at radius 2 is 1.91 bits per heavy atom. The standard InChI is InChI=1S/C24H31FN2O5/c1-4-32-24(30)18-9-11-26(12-10-18)22(17-5-7-19(25)8-6-17)21-20(28)15-16(2)27(23(21)29)13-14-31-3/h5-8,15,18,22,28H,4,9-14H2,1-3H3/t22-/m0/s1. The van der Waals surface area contributed by atoms with Crippen LogP contribution in [0, 0.1) is 18.7 Å². The second-order valence-corrected chi connectivity index (χ2v) is 8.05. The van der Waals surface area contributed by atoms with Crippen molar-refractivity contribution in [1.82, 2.24) is 9.47 Å². The van der Waals surface area contributed by atoms with Crippen molar-refractivity contribution in [2.45, 2.75) is 39.3 Å². The van der Waals surface area contributed by atoms with Crippen molar-refractivity contribution in [1.29, 1.82) is 0 Å². The molecule has 1 aromatic carbocycles. The van der Waals surface area contributed by atoms with Gasteiger partial charge < -0.3 is 19.1 Å². The summed E-state index contributed by atoms with van der Waals surface area (Å²) in [6.45, 7) is 5.68. The zero-order valence-electron chi connectivity index (χ0n) is 18.8. The maximum Gasteiger partial charge on any atom is 0.309 e. The van der Waals surface area contributed by atoms with E-state index < -0.39 is 6.04 Å². The average molecular weight is 447 g/mol. The summed E-state index contributed by atoms with van der Waals surface area (Å²) in [5.74, 6) is -0.863. The third kappa shape index (κ3) is 5.19. The number of halogens is 1. The number of carbonyl (C=O) groups excluding carboxylic acids is 1. The molecular formula is C24H31FN2O5. The van der Waals surface area contributed by atoms with E-state index in [9.17, 15) is 19.1 Å². The number of benzene rings is 1. The predicted octanol–water partition coefficient (Wildman–Crippen LogP) is 3.01. The quantitative estimate of drug-likeness (QED) is 0.628. The van der Waals surface area contributed by atoms with Gasteiger partial charge in [-0.3, -0.25) is 14.5 Å². The van der Waals surface area contributed by atoms with E-state index in [2.05, 4.69) is 4.90 Å². The summed E-state index contributed by atoms with van der Waals surface area (Å²) in [5, 5.41) is 10.8. The second-order valence-electron chi connectivity index (χ2n) is 8.05. The lowest BCUT2D eigenvalue weighted by atomic mass is 9.91. The van der Waals surface area contributed by atoms with Crippen LogP contribution in [0.25, 0.3) is 0 Å². The molecule has 0 amide bonds. The van der Waals surface area contributed by atoms with E-state index in [1.165, 1.54) is 12.1 Å². The fourth-order valence-electron chi connectivity index (χ4n) is 4.34. The summed E-state index contributed by atoms with van der Waals surface area (Å²) >= 11 is 0. The molecule has 2 aromatic rings. The van der Waals surface area contributed by atoms with Gasteiger partial charge in [-0.2, -0.15) is 0 Å². The van der Waals surface area contributed by atoms with Gasteiger partial charge in [0.15, 0.2) is 0 Å². The monoisotopic (exact) mass is 446 g/mol. The number of pyridine rings is 1. The average Bonchev–Trinajstić information content (AvgIpc) is 2.77. The van der Waals surface area contributed by atoms with Crippen LogP contribution >= 0.6 is 0 Å². The minimum atomic E-state index is -0.569. The lowest BCUT2D eigenvalue weighted by Gasteiger charge is -2.37. The number of carbonyl (C=O) groups is 1. The van der Waals surface area contributed by atoms with E-state index in [-0.39, 0.29) is 34.6 Å². The maximum absolute atomic E-state index is 13.6. The Balaban J connectivity index is 2.01. The van der Waals surface area contributed by atoms with E-state index in [1.807, 2.05) is 0 Å². The highest BCUT2D eigenvalue weighted by atomic mass is 19.1. The SMILES string of the molecule is CCOC(=O)C1CCN([C@@H](c2ccc(F)cc2)c2c(O)cc(C)n(CCOC)c2=O)CC1. The predicted molar refractivity (Wildman–Crippen MR) is 118 cm³/mol. The number of aromatic nitrogens is 1. The summed E-state index contributed by atoms with van der Waals surface area (Å²) in [7, 11) is 1.57. The number of hydrogen-bond acceptors (Lipinski definition) is 6. The number of esters is 1. The highest BCUT2D eigenvalue weighted by molar-refractivity contribution is 5.72. The van der Waals surface area contributed by atoms with Crippen molar-refractivity contribution in [3.63, 3.8) is 0 Å². The first-order valence-electron chi connectivity index (χ1n) is 11.0. The third-order valence-corrected chi connectivity index (χ3v) is 6.02. The number of aryl methyl sites for hydroxylation is 1. The van der Waals surface area contributed by atoms with Crippen LogP contribution in [0.3, 0.4) is 0 Å². The van der Waals surface area contributed by atoms with Crippen molar-refractivity contribution in [3.05, 3.63) is 63.3 Å². The van der Waals surface area contributed by atoms with Crippen LogP contribution in [0.1, 0.15) is 42.6 Å². The van der Waals surface area contributed by atoms with E-state index in [1.54, 1.807) is 43.7 Å². The lowest BCUT2D eigenvalue weighted by molar-refractivity contribution is -0.149. The first kappa shape index (κ1) is 23.9. The summed E-state index contributed by atoms with van der Waals surface area (Å²) in [4.78, 5) is 27.7. The Bertz CT molecular complexity index is 981. The maximum atomic E-state index is 13.6. The molecule has 0 saturated carbocycles. The third-order valence-electron chi connectivity index (χ3n) is 6.02. The smallest absolute Gasteiger partial charge is 0.309 e. The number of likely N-dealkylation sites (tertiary alicyclic amines) is 1. The highest BCUT2D eigenvalue weighted by Gasteiger charge is 2.34. The first-order valence-corrected chi connectivity index (χ1v) is 11.0. The molecule has 0 aliphatic carbocycles. The molecule has 1 saturated heterocycles. The second kappa shape index (κ2) is 10.7. The Kier molecular flexibility index (Phi) is 8.04.